The number of fused-ring (bicyclic) bond motifs is 1. The summed E-state index contributed by atoms with van der Waals surface area (Å²) < 4.78 is 34.4. The highest BCUT2D eigenvalue weighted by Gasteiger charge is 2.28. The normalized spacial score (nSPS) is 19.0. The maximum atomic E-state index is 12.9. The van der Waals surface area contributed by atoms with Crippen LogP contribution in [0, 0.1) is 12.8 Å². The van der Waals surface area contributed by atoms with E-state index in [0.717, 1.165) is 17.5 Å². The lowest BCUT2D eigenvalue weighted by Crippen LogP contribution is -2.35. The van der Waals surface area contributed by atoms with E-state index < -0.39 is 10.0 Å². The van der Waals surface area contributed by atoms with E-state index in [1.807, 2.05) is 13.8 Å². The van der Waals surface area contributed by atoms with Crippen molar-refractivity contribution in [2.75, 3.05) is 26.3 Å². The monoisotopic (exact) mass is 338 g/mol. The topological polar surface area (TPSA) is 77.3 Å². The lowest BCUT2D eigenvalue weighted by Gasteiger charge is -2.23. The van der Waals surface area contributed by atoms with Gasteiger partial charge in [-0.25, -0.2) is 13.4 Å². The molecule has 0 bridgehead atoms. The molecule has 7 nitrogen and oxygen atoms in total. The number of hydrogen-bond acceptors (Lipinski definition) is 5. The second-order valence-electron chi connectivity index (χ2n) is 5.94. The summed E-state index contributed by atoms with van der Waals surface area (Å²) in [5.74, 6) is 0.265. The van der Waals surface area contributed by atoms with E-state index >= 15 is 0 Å². The largest absolute Gasteiger partial charge is 0.381 e. The van der Waals surface area contributed by atoms with Crippen LogP contribution < -0.4 is 0 Å². The molecule has 3 heterocycles. The van der Waals surface area contributed by atoms with Crippen LogP contribution in [0.4, 0.5) is 0 Å². The Bertz CT molecular complexity index is 809. The van der Waals surface area contributed by atoms with Gasteiger partial charge in [0.05, 0.1) is 12.3 Å². The van der Waals surface area contributed by atoms with Crippen LogP contribution in [-0.4, -0.2) is 53.8 Å². The van der Waals surface area contributed by atoms with Gasteiger partial charge in [0.1, 0.15) is 4.90 Å². The molecule has 3 rings (SSSR count). The van der Waals surface area contributed by atoms with E-state index in [1.165, 1.54) is 10.5 Å². The van der Waals surface area contributed by atoms with Crippen LogP contribution in [-0.2, 0) is 21.8 Å². The molecule has 1 saturated heterocycles. The van der Waals surface area contributed by atoms with Crippen molar-refractivity contribution in [3.63, 3.8) is 0 Å². The highest BCUT2D eigenvalue weighted by atomic mass is 32.2. The van der Waals surface area contributed by atoms with Crippen molar-refractivity contribution in [2.45, 2.75) is 25.2 Å². The number of aryl methyl sites for hydroxylation is 2. The molecule has 2 aromatic heterocycles. The summed E-state index contributed by atoms with van der Waals surface area (Å²) in [5, 5.41) is 5.06. The number of ether oxygens (including phenoxy) is 1. The molecule has 0 spiro atoms. The number of pyridine rings is 1. The predicted molar refractivity (Wildman–Crippen MR) is 86.6 cm³/mol. The highest BCUT2D eigenvalue weighted by Crippen LogP contribution is 2.24. The zero-order valence-electron chi connectivity index (χ0n) is 13.7. The maximum absolute atomic E-state index is 12.9. The van der Waals surface area contributed by atoms with Crippen LogP contribution >= 0.6 is 0 Å². The molecule has 0 radical (unpaired) electrons. The minimum Gasteiger partial charge on any atom is -0.381 e. The Kier molecular flexibility index (Phi) is 4.39. The molecule has 0 aliphatic carbocycles. The standard InChI is InChI=1S/C15H22N4O3S/c1-4-19(9-12-5-6-22-10-12)23(20,21)13-7-14-11(2)17-18(3)15(14)16-8-13/h7-8,12H,4-6,9-10H2,1-3H3/t12-/m0/s1. The summed E-state index contributed by atoms with van der Waals surface area (Å²) in [6.07, 6.45) is 2.33. The second-order valence-corrected chi connectivity index (χ2v) is 7.87. The molecule has 126 valence electrons. The molecule has 1 atom stereocenters. The Morgan fingerprint density at radius 2 is 2.26 bits per heavy atom. The number of nitrogens with zero attached hydrogens (tertiary/aromatic N) is 4. The van der Waals surface area contributed by atoms with Gasteiger partial charge in [-0.05, 0) is 25.3 Å². The molecule has 0 saturated carbocycles. The highest BCUT2D eigenvalue weighted by molar-refractivity contribution is 7.89. The van der Waals surface area contributed by atoms with Gasteiger partial charge in [-0.2, -0.15) is 9.40 Å². The maximum Gasteiger partial charge on any atom is 0.244 e. The Labute approximate surface area is 136 Å². The van der Waals surface area contributed by atoms with E-state index in [9.17, 15) is 8.42 Å². The Hall–Kier alpha value is -1.51. The average Bonchev–Trinajstić information content (AvgIpc) is 3.13. The fourth-order valence-corrected chi connectivity index (χ4v) is 4.49. The fraction of sp³-hybridized carbons (Fsp3) is 0.600. The summed E-state index contributed by atoms with van der Waals surface area (Å²) in [5.41, 5.74) is 1.47. The molecule has 0 N–H and O–H groups in total. The first-order chi connectivity index (χ1) is 10.9. The van der Waals surface area contributed by atoms with Crippen molar-refractivity contribution in [1.82, 2.24) is 19.1 Å². The lowest BCUT2D eigenvalue weighted by atomic mass is 10.1. The van der Waals surface area contributed by atoms with Crippen LogP contribution in [0.25, 0.3) is 11.0 Å². The first-order valence-corrected chi connectivity index (χ1v) is 9.24. The van der Waals surface area contributed by atoms with Gasteiger partial charge in [0, 0.05) is 38.3 Å². The summed E-state index contributed by atoms with van der Waals surface area (Å²) >= 11 is 0. The molecule has 1 aliphatic rings. The molecular weight excluding hydrogens is 316 g/mol. The van der Waals surface area contributed by atoms with E-state index in [0.29, 0.717) is 32.0 Å². The molecule has 0 aromatic carbocycles. The van der Waals surface area contributed by atoms with Gasteiger partial charge in [-0.15, -0.1) is 0 Å². The molecule has 0 unspecified atom stereocenters. The number of hydrogen-bond donors (Lipinski definition) is 0. The zero-order chi connectivity index (χ0) is 16.6. The van der Waals surface area contributed by atoms with Crippen molar-refractivity contribution in [1.29, 1.82) is 0 Å². The van der Waals surface area contributed by atoms with Gasteiger partial charge >= 0.3 is 0 Å². The van der Waals surface area contributed by atoms with Gasteiger partial charge in [0.25, 0.3) is 0 Å². The molecular formula is C15H22N4O3S. The van der Waals surface area contributed by atoms with Gasteiger partial charge in [-0.1, -0.05) is 6.92 Å². The second kappa shape index (κ2) is 6.18. The van der Waals surface area contributed by atoms with Gasteiger partial charge in [0.2, 0.25) is 10.0 Å². The quantitative estimate of drug-likeness (QED) is 0.822. The van der Waals surface area contributed by atoms with E-state index in [4.69, 9.17) is 4.74 Å². The van der Waals surface area contributed by atoms with E-state index in [-0.39, 0.29) is 10.8 Å². The minimum atomic E-state index is -3.56. The number of aromatic nitrogens is 3. The van der Waals surface area contributed by atoms with Crippen LogP contribution in [0.15, 0.2) is 17.2 Å². The van der Waals surface area contributed by atoms with Crippen LogP contribution in [0.3, 0.4) is 0 Å². The van der Waals surface area contributed by atoms with E-state index in [1.54, 1.807) is 17.8 Å². The van der Waals surface area contributed by atoms with Gasteiger partial charge in [-0.3, -0.25) is 4.68 Å². The third kappa shape index (κ3) is 2.98. The molecule has 2 aromatic rings. The molecule has 1 fully saturated rings. The number of rotatable bonds is 5. The summed E-state index contributed by atoms with van der Waals surface area (Å²) in [7, 11) is -1.76. The first kappa shape index (κ1) is 16.4. The molecule has 23 heavy (non-hydrogen) atoms. The first-order valence-electron chi connectivity index (χ1n) is 7.80. The van der Waals surface area contributed by atoms with Crippen molar-refractivity contribution >= 4 is 21.1 Å². The van der Waals surface area contributed by atoms with Gasteiger partial charge < -0.3 is 4.74 Å². The average molecular weight is 338 g/mol. The third-order valence-electron chi connectivity index (χ3n) is 4.31. The Morgan fingerprint density at radius 1 is 1.48 bits per heavy atom. The van der Waals surface area contributed by atoms with Crippen molar-refractivity contribution in [3.8, 4) is 0 Å². The molecule has 1 aliphatic heterocycles. The van der Waals surface area contributed by atoms with E-state index in [2.05, 4.69) is 10.1 Å². The fourth-order valence-electron chi connectivity index (χ4n) is 2.99. The third-order valence-corrected chi connectivity index (χ3v) is 6.22. The van der Waals surface area contributed by atoms with Crippen molar-refractivity contribution in [3.05, 3.63) is 18.0 Å². The number of sulfonamides is 1. The van der Waals surface area contributed by atoms with Crippen LogP contribution in [0.5, 0.6) is 0 Å². The lowest BCUT2D eigenvalue weighted by molar-refractivity contribution is 0.181. The Balaban J connectivity index is 1.95. The predicted octanol–water partition coefficient (Wildman–Crippen LogP) is 1.32. The molecule has 8 heteroatoms. The summed E-state index contributed by atoms with van der Waals surface area (Å²) in [4.78, 5) is 4.51. The molecule has 0 amide bonds. The summed E-state index contributed by atoms with van der Waals surface area (Å²) in [6.45, 7) is 5.98. The minimum absolute atomic E-state index is 0.224. The zero-order valence-corrected chi connectivity index (χ0v) is 14.5. The summed E-state index contributed by atoms with van der Waals surface area (Å²) in [6, 6.07) is 1.67. The van der Waals surface area contributed by atoms with Gasteiger partial charge in [0.15, 0.2) is 5.65 Å². The van der Waals surface area contributed by atoms with Crippen molar-refractivity contribution < 1.29 is 13.2 Å². The smallest absolute Gasteiger partial charge is 0.244 e. The van der Waals surface area contributed by atoms with Crippen LogP contribution in [0.2, 0.25) is 0 Å². The Morgan fingerprint density at radius 3 is 2.91 bits per heavy atom. The van der Waals surface area contributed by atoms with Crippen LogP contribution in [0.1, 0.15) is 19.0 Å². The van der Waals surface area contributed by atoms with Crippen molar-refractivity contribution in [2.24, 2.45) is 13.0 Å². The SMILES string of the molecule is CCN(C[C@@H]1CCOC1)S(=O)(=O)c1cnc2c(c1)c(C)nn2C.